The molecule has 0 unspecified atom stereocenters. The van der Waals surface area contributed by atoms with Crippen LogP contribution in [0.2, 0.25) is 0 Å². The van der Waals surface area contributed by atoms with Gasteiger partial charge in [-0.1, -0.05) is 25.5 Å². The number of nitrogens with one attached hydrogen (secondary N) is 1. The van der Waals surface area contributed by atoms with Crippen LogP contribution in [0.5, 0.6) is 11.5 Å². The van der Waals surface area contributed by atoms with Gasteiger partial charge in [-0.05, 0) is 61.9 Å². The van der Waals surface area contributed by atoms with Gasteiger partial charge in [-0.25, -0.2) is 13.4 Å². The molecular formula is C26H27N3O5S. The maximum atomic E-state index is 13.1. The Hall–Kier alpha value is -3.85. The van der Waals surface area contributed by atoms with Crippen molar-refractivity contribution in [3.05, 3.63) is 82.9 Å². The highest BCUT2D eigenvalue weighted by molar-refractivity contribution is 7.92. The number of aromatic nitrogens is 2. The van der Waals surface area contributed by atoms with Gasteiger partial charge in [0, 0.05) is 6.07 Å². The van der Waals surface area contributed by atoms with Crippen molar-refractivity contribution >= 4 is 26.6 Å². The molecule has 9 heteroatoms. The number of benzene rings is 3. The molecule has 4 rings (SSSR count). The summed E-state index contributed by atoms with van der Waals surface area (Å²) in [4.78, 5) is 17.7. The van der Waals surface area contributed by atoms with Crippen molar-refractivity contribution < 1.29 is 17.9 Å². The molecule has 3 aromatic carbocycles. The number of hydrogen-bond donors (Lipinski definition) is 1. The van der Waals surface area contributed by atoms with Crippen LogP contribution in [0, 0.1) is 6.92 Å². The minimum atomic E-state index is -3.88. The van der Waals surface area contributed by atoms with Gasteiger partial charge in [0.25, 0.3) is 15.6 Å². The van der Waals surface area contributed by atoms with E-state index in [2.05, 4.69) is 16.6 Å². The number of anilines is 1. The first-order valence-corrected chi connectivity index (χ1v) is 12.7. The Morgan fingerprint density at radius 1 is 1.03 bits per heavy atom. The van der Waals surface area contributed by atoms with Gasteiger partial charge in [0.05, 0.1) is 40.9 Å². The third-order valence-corrected chi connectivity index (χ3v) is 6.91. The van der Waals surface area contributed by atoms with E-state index in [-0.39, 0.29) is 21.9 Å². The summed E-state index contributed by atoms with van der Waals surface area (Å²) in [5.41, 5.74) is 1.16. The molecule has 0 fully saturated rings. The third-order valence-electron chi connectivity index (χ3n) is 5.53. The van der Waals surface area contributed by atoms with Crippen LogP contribution < -0.4 is 19.8 Å². The molecule has 1 N–H and O–H groups in total. The van der Waals surface area contributed by atoms with E-state index in [9.17, 15) is 13.2 Å². The summed E-state index contributed by atoms with van der Waals surface area (Å²) in [5.74, 6) is 1.39. The first kappa shape index (κ1) is 24.3. The first-order chi connectivity index (χ1) is 16.8. The third kappa shape index (κ3) is 5.14. The number of sulfonamides is 1. The van der Waals surface area contributed by atoms with Crippen LogP contribution in [0.25, 0.3) is 16.6 Å². The second-order valence-corrected chi connectivity index (χ2v) is 9.66. The van der Waals surface area contributed by atoms with Crippen molar-refractivity contribution in [2.45, 2.75) is 31.6 Å². The number of methoxy groups -OCH3 is 1. The summed E-state index contributed by atoms with van der Waals surface area (Å²) < 4.78 is 41.0. The second-order valence-electron chi connectivity index (χ2n) is 7.98. The maximum absolute atomic E-state index is 13.1. The summed E-state index contributed by atoms with van der Waals surface area (Å²) in [6.07, 6.45) is 1.95. The summed E-state index contributed by atoms with van der Waals surface area (Å²) in [6, 6.07) is 18.2. The van der Waals surface area contributed by atoms with Crippen LogP contribution in [-0.4, -0.2) is 31.7 Å². The van der Waals surface area contributed by atoms with E-state index in [1.54, 1.807) is 55.5 Å². The predicted octanol–water partition coefficient (Wildman–Crippen LogP) is 4.68. The average molecular weight is 494 g/mol. The lowest BCUT2D eigenvalue weighted by atomic mass is 10.2. The Labute approximate surface area is 204 Å². The molecule has 0 aliphatic rings. The van der Waals surface area contributed by atoms with Crippen molar-refractivity contribution in [2.24, 2.45) is 0 Å². The Morgan fingerprint density at radius 3 is 2.49 bits per heavy atom. The molecule has 0 saturated heterocycles. The fraction of sp³-hybridized carbons (Fsp3) is 0.231. The molecule has 0 spiro atoms. The zero-order valence-corrected chi connectivity index (χ0v) is 20.6. The van der Waals surface area contributed by atoms with Crippen molar-refractivity contribution in [3.63, 3.8) is 0 Å². The largest absolute Gasteiger partial charge is 0.494 e. The number of rotatable bonds is 9. The molecule has 35 heavy (non-hydrogen) atoms. The molecule has 182 valence electrons. The normalized spacial score (nSPS) is 11.4. The lowest BCUT2D eigenvalue weighted by Gasteiger charge is -2.16. The first-order valence-electron chi connectivity index (χ1n) is 11.3. The lowest BCUT2D eigenvalue weighted by molar-refractivity contribution is 0.309. The maximum Gasteiger partial charge on any atom is 0.265 e. The Kier molecular flexibility index (Phi) is 7.07. The number of hydrogen-bond acceptors (Lipinski definition) is 6. The highest BCUT2D eigenvalue weighted by atomic mass is 32.2. The molecule has 0 aliphatic carbocycles. The fourth-order valence-electron chi connectivity index (χ4n) is 3.70. The monoisotopic (exact) mass is 493 g/mol. The van der Waals surface area contributed by atoms with E-state index in [1.807, 2.05) is 6.07 Å². The number of unbranched alkanes of at least 4 members (excludes halogenated alkanes) is 1. The van der Waals surface area contributed by atoms with Crippen LogP contribution in [0.3, 0.4) is 0 Å². The lowest BCUT2D eigenvalue weighted by Crippen LogP contribution is -2.22. The fourth-order valence-corrected chi connectivity index (χ4v) is 4.77. The molecule has 8 nitrogen and oxygen atoms in total. The van der Waals surface area contributed by atoms with E-state index in [0.29, 0.717) is 34.8 Å². The zero-order valence-electron chi connectivity index (χ0n) is 19.8. The SMILES string of the molecule is CCCCOc1ccc(S(=O)(=O)Nc2ccc(-n3c(C)nc4ccccc4c3=O)cc2OC)cc1. The molecule has 0 amide bonds. The molecule has 1 heterocycles. The number of nitrogens with zero attached hydrogens (tertiary/aromatic N) is 2. The van der Waals surface area contributed by atoms with Crippen molar-refractivity contribution in [1.29, 1.82) is 0 Å². The van der Waals surface area contributed by atoms with Crippen molar-refractivity contribution in [1.82, 2.24) is 9.55 Å². The minimum Gasteiger partial charge on any atom is -0.494 e. The van der Waals surface area contributed by atoms with Crippen molar-refractivity contribution in [2.75, 3.05) is 18.4 Å². The number of para-hydroxylation sites is 1. The molecule has 0 atom stereocenters. The highest BCUT2D eigenvalue weighted by Crippen LogP contribution is 2.30. The highest BCUT2D eigenvalue weighted by Gasteiger charge is 2.18. The van der Waals surface area contributed by atoms with Gasteiger partial charge in [-0.3, -0.25) is 14.1 Å². The number of aryl methyl sites for hydroxylation is 1. The van der Waals surface area contributed by atoms with E-state index < -0.39 is 10.0 Å². The van der Waals surface area contributed by atoms with Gasteiger partial charge in [0.15, 0.2) is 0 Å². The molecule has 0 radical (unpaired) electrons. The summed E-state index contributed by atoms with van der Waals surface area (Å²) >= 11 is 0. The van der Waals surface area contributed by atoms with E-state index >= 15 is 0 Å². The van der Waals surface area contributed by atoms with Crippen LogP contribution >= 0.6 is 0 Å². The van der Waals surface area contributed by atoms with E-state index in [4.69, 9.17) is 9.47 Å². The van der Waals surface area contributed by atoms with Gasteiger partial charge in [0.1, 0.15) is 17.3 Å². The zero-order chi connectivity index (χ0) is 25.0. The Balaban J connectivity index is 1.63. The minimum absolute atomic E-state index is 0.0947. The van der Waals surface area contributed by atoms with Gasteiger partial charge >= 0.3 is 0 Å². The van der Waals surface area contributed by atoms with Gasteiger partial charge in [-0.2, -0.15) is 0 Å². The van der Waals surface area contributed by atoms with Crippen molar-refractivity contribution in [3.8, 4) is 17.2 Å². The molecule has 0 bridgehead atoms. The quantitative estimate of drug-likeness (QED) is 0.340. The van der Waals surface area contributed by atoms with Gasteiger partial charge in [-0.15, -0.1) is 0 Å². The summed E-state index contributed by atoms with van der Waals surface area (Å²) in [7, 11) is -2.44. The van der Waals surface area contributed by atoms with Crippen LogP contribution in [0.4, 0.5) is 5.69 Å². The van der Waals surface area contributed by atoms with Crippen LogP contribution in [0.1, 0.15) is 25.6 Å². The summed E-state index contributed by atoms with van der Waals surface area (Å²) in [5, 5.41) is 0.490. The standard InChI is InChI=1S/C26H27N3O5S/c1-4-5-16-34-20-11-13-21(14-12-20)35(31,32)28-24-15-10-19(17-25(24)33-3)29-18(2)27-23-9-7-6-8-22(23)26(29)30/h6-15,17,28H,4-5,16H2,1-3H3. The second kappa shape index (κ2) is 10.2. The Bertz CT molecular complexity index is 1510. The molecule has 0 aliphatic heterocycles. The van der Waals surface area contributed by atoms with Gasteiger partial charge < -0.3 is 9.47 Å². The van der Waals surface area contributed by atoms with Crippen LogP contribution in [0.15, 0.2) is 76.4 Å². The molecular weight excluding hydrogens is 466 g/mol. The average Bonchev–Trinajstić information content (AvgIpc) is 2.85. The van der Waals surface area contributed by atoms with E-state index in [0.717, 1.165) is 12.8 Å². The molecule has 4 aromatic rings. The smallest absolute Gasteiger partial charge is 0.265 e. The topological polar surface area (TPSA) is 99.5 Å². The van der Waals surface area contributed by atoms with E-state index in [1.165, 1.54) is 23.8 Å². The summed E-state index contributed by atoms with van der Waals surface area (Å²) in [6.45, 7) is 4.40. The van der Waals surface area contributed by atoms with Crippen LogP contribution in [-0.2, 0) is 10.0 Å². The molecule has 1 aromatic heterocycles. The predicted molar refractivity (Wildman–Crippen MR) is 136 cm³/mol. The van der Waals surface area contributed by atoms with Gasteiger partial charge in [0.2, 0.25) is 0 Å². The number of ether oxygens (including phenoxy) is 2. The number of fused-ring (bicyclic) bond motifs is 1. The Morgan fingerprint density at radius 2 is 1.77 bits per heavy atom. The molecule has 0 saturated carbocycles.